The van der Waals surface area contributed by atoms with E-state index in [4.69, 9.17) is 0 Å². The van der Waals surface area contributed by atoms with Gasteiger partial charge in [-0.1, -0.05) is 0 Å². The summed E-state index contributed by atoms with van der Waals surface area (Å²) >= 11 is 0. The fourth-order valence-electron chi connectivity index (χ4n) is 3.29. The molecule has 2 amide bonds. The molecule has 0 bridgehead atoms. The summed E-state index contributed by atoms with van der Waals surface area (Å²) in [4.78, 5) is 36.7. The number of hydrogen-bond donors (Lipinski definition) is 2. The van der Waals surface area contributed by atoms with E-state index < -0.39 is 0 Å². The first-order valence-corrected chi connectivity index (χ1v) is 7.65. The molecule has 23 heavy (non-hydrogen) atoms. The predicted octanol–water partition coefficient (Wildman–Crippen LogP) is 1.27. The summed E-state index contributed by atoms with van der Waals surface area (Å²) in [5.41, 5.74) is 0. The van der Waals surface area contributed by atoms with Crippen LogP contribution in [0.25, 0.3) is 0 Å². The molecule has 0 atom stereocenters. The predicted molar refractivity (Wildman–Crippen MR) is 79.7 cm³/mol. The highest BCUT2D eigenvalue weighted by Crippen LogP contribution is 2.33. The molecular weight excluding hydrogens is 300 g/mol. The number of nitrogens with zero attached hydrogens (tertiary/aromatic N) is 2. The van der Waals surface area contributed by atoms with Crippen LogP contribution in [0.5, 0.6) is 11.8 Å². The van der Waals surface area contributed by atoms with Crippen LogP contribution in [0.4, 0.5) is 0 Å². The van der Waals surface area contributed by atoms with Gasteiger partial charge in [0.05, 0.1) is 0 Å². The van der Waals surface area contributed by atoms with Crippen LogP contribution >= 0.6 is 0 Å². The second-order valence-electron chi connectivity index (χ2n) is 6.06. The molecule has 1 aliphatic heterocycles. The molecule has 2 N–H and O–H groups in total. The maximum Gasteiger partial charge on any atom is 0.253 e. The van der Waals surface area contributed by atoms with Gasteiger partial charge in [-0.2, -0.15) is 0 Å². The van der Waals surface area contributed by atoms with Gasteiger partial charge in [0.25, 0.3) is 11.8 Å². The molecule has 1 aliphatic carbocycles. The molecule has 0 unspecified atom stereocenters. The highest BCUT2D eigenvalue weighted by molar-refractivity contribution is 6.12. The van der Waals surface area contributed by atoms with Crippen LogP contribution in [0.15, 0.2) is 24.3 Å². The summed E-state index contributed by atoms with van der Waals surface area (Å²) in [5.74, 6) is -1.52. The lowest BCUT2D eigenvalue weighted by Gasteiger charge is -2.30. The Kier molecular flexibility index (Phi) is 3.94. The first-order chi connectivity index (χ1) is 11.0. The number of carbonyl (C=O) groups excluding carboxylic acids is 3. The molecule has 0 aromatic carbocycles. The van der Waals surface area contributed by atoms with Crippen molar-refractivity contribution in [2.75, 3.05) is 6.54 Å². The van der Waals surface area contributed by atoms with Crippen molar-refractivity contribution < 1.29 is 24.6 Å². The zero-order valence-electron chi connectivity index (χ0n) is 12.5. The fourth-order valence-corrected chi connectivity index (χ4v) is 3.29. The Bertz CT molecular complexity index is 645. The van der Waals surface area contributed by atoms with Crippen molar-refractivity contribution in [1.29, 1.82) is 0 Å². The molecule has 7 nitrogen and oxygen atoms in total. The van der Waals surface area contributed by atoms with Crippen molar-refractivity contribution in [3.05, 3.63) is 24.3 Å². The Hall–Kier alpha value is -2.57. The van der Waals surface area contributed by atoms with Crippen LogP contribution in [0, 0.1) is 11.8 Å². The third-order valence-corrected chi connectivity index (χ3v) is 4.60. The third-order valence-electron chi connectivity index (χ3n) is 4.60. The second kappa shape index (κ2) is 5.91. The third kappa shape index (κ3) is 2.86. The van der Waals surface area contributed by atoms with Crippen molar-refractivity contribution >= 4 is 17.7 Å². The first-order valence-electron chi connectivity index (χ1n) is 7.65. The van der Waals surface area contributed by atoms with Gasteiger partial charge >= 0.3 is 0 Å². The first kappa shape index (κ1) is 15.3. The van der Waals surface area contributed by atoms with Crippen LogP contribution in [0.3, 0.4) is 0 Å². The summed E-state index contributed by atoms with van der Waals surface area (Å²) in [6.45, 7) is 0.381. The SMILES string of the molecule is O=C1C=CC(=O)N1CC1CCC(C(=O)n2c(O)ccc2O)CC1. The Morgan fingerprint density at radius 3 is 2.04 bits per heavy atom. The lowest BCUT2D eigenvalue weighted by atomic mass is 9.81. The summed E-state index contributed by atoms with van der Waals surface area (Å²) < 4.78 is 0.919. The fraction of sp³-hybridized carbons (Fsp3) is 0.438. The molecule has 0 spiro atoms. The lowest BCUT2D eigenvalue weighted by molar-refractivity contribution is -0.137. The van der Waals surface area contributed by atoms with Gasteiger partial charge in [0, 0.05) is 36.7 Å². The van der Waals surface area contributed by atoms with Gasteiger partial charge in [-0.15, -0.1) is 0 Å². The largest absolute Gasteiger partial charge is 0.494 e. The number of rotatable bonds is 3. The topological polar surface area (TPSA) is 99.8 Å². The molecular formula is C16H18N2O5. The molecule has 0 radical (unpaired) electrons. The number of aromatic hydroxyl groups is 2. The molecule has 1 fully saturated rings. The Morgan fingerprint density at radius 2 is 1.52 bits per heavy atom. The number of imide groups is 1. The van der Waals surface area contributed by atoms with Gasteiger partial charge in [0.15, 0.2) is 0 Å². The molecule has 3 rings (SSSR count). The van der Waals surface area contributed by atoms with Crippen LogP contribution in [-0.4, -0.2) is 43.9 Å². The summed E-state index contributed by atoms with van der Waals surface area (Å²) in [7, 11) is 0. The van der Waals surface area contributed by atoms with Crippen molar-refractivity contribution in [2.24, 2.45) is 11.8 Å². The Balaban J connectivity index is 1.57. The lowest BCUT2D eigenvalue weighted by Crippen LogP contribution is -2.37. The monoisotopic (exact) mass is 318 g/mol. The maximum atomic E-state index is 12.4. The highest BCUT2D eigenvalue weighted by Gasteiger charge is 2.32. The van der Waals surface area contributed by atoms with Crippen LogP contribution < -0.4 is 0 Å². The van der Waals surface area contributed by atoms with E-state index in [9.17, 15) is 24.6 Å². The highest BCUT2D eigenvalue weighted by atomic mass is 16.3. The average molecular weight is 318 g/mol. The number of carbonyl (C=O) groups is 3. The molecule has 1 aromatic rings. The molecule has 0 saturated heterocycles. The van der Waals surface area contributed by atoms with E-state index in [0.29, 0.717) is 19.4 Å². The van der Waals surface area contributed by atoms with E-state index in [1.54, 1.807) is 0 Å². The number of hydrogen-bond acceptors (Lipinski definition) is 5. The number of amides is 2. The van der Waals surface area contributed by atoms with Crippen LogP contribution in [-0.2, 0) is 9.59 Å². The Labute approximate surface area is 132 Å². The van der Waals surface area contributed by atoms with E-state index in [1.807, 2.05) is 0 Å². The van der Waals surface area contributed by atoms with E-state index in [-0.39, 0.29) is 41.3 Å². The zero-order chi connectivity index (χ0) is 16.6. The van der Waals surface area contributed by atoms with Gasteiger partial charge in [-0.05, 0) is 31.6 Å². The maximum absolute atomic E-state index is 12.4. The minimum absolute atomic E-state index is 0.179. The summed E-state index contributed by atoms with van der Waals surface area (Å²) in [6.07, 6.45) is 5.19. The standard InChI is InChI=1S/C16H18N2O5/c19-12-5-6-13(20)17(12)9-10-1-3-11(4-2-10)16(23)18-14(21)7-8-15(18)22/h5-8,10-11,21-22H,1-4,9H2. The summed E-state index contributed by atoms with van der Waals surface area (Å²) in [6, 6.07) is 2.55. The summed E-state index contributed by atoms with van der Waals surface area (Å²) in [5, 5.41) is 19.3. The smallest absolute Gasteiger partial charge is 0.253 e. The van der Waals surface area contributed by atoms with Gasteiger partial charge in [-0.3, -0.25) is 19.3 Å². The van der Waals surface area contributed by atoms with E-state index >= 15 is 0 Å². The minimum Gasteiger partial charge on any atom is -0.494 e. The zero-order valence-corrected chi connectivity index (χ0v) is 12.5. The van der Waals surface area contributed by atoms with E-state index in [2.05, 4.69) is 0 Å². The molecule has 1 aromatic heterocycles. The van der Waals surface area contributed by atoms with Crippen molar-refractivity contribution in [3.8, 4) is 11.8 Å². The van der Waals surface area contributed by atoms with Crippen molar-refractivity contribution in [1.82, 2.24) is 9.47 Å². The molecule has 122 valence electrons. The molecule has 7 heteroatoms. The van der Waals surface area contributed by atoms with E-state index in [0.717, 1.165) is 17.4 Å². The van der Waals surface area contributed by atoms with Gasteiger partial charge in [-0.25, -0.2) is 4.57 Å². The minimum atomic E-state index is -0.321. The molecule has 1 saturated carbocycles. The van der Waals surface area contributed by atoms with Gasteiger partial charge < -0.3 is 10.2 Å². The second-order valence-corrected chi connectivity index (χ2v) is 6.06. The van der Waals surface area contributed by atoms with Crippen molar-refractivity contribution in [3.63, 3.8) is 0 Å². The van der Waals surface area contributed by atoms with Crippen LogP contribution in [0.2, 0.25) is 0 Å². The Morgan fingerprint density at radius 1 is 1.00 bits per heavy atom. The average Bonchev–Trinajstić information content (AvgIpc) is 3.03. The van der Waals surface area contributed by atoms with Crippen molar-refractivity contribution in [2.45, 2.75) is 25.7 Å². The quantitative estimate of drug-likeness (QED) is 0.818. The van der Waals surface area contributed by atoms with Gasteiger partial charge in [0.2, 0.25) is 17.7 Å². The van der Waals surface area contributed by atoms with E-state index in [1.165, 1.54) is 29.2 Å². The molecule has 2 heterocycles. The van der Waals surface area contributed by atoms with Crippen LogP contribution in [0.1, 0.15) is 30.5 Å². The number of aromatic nitrogens is 1. The normalized spacial score (nSPS) is 24.4. The van der Waals surface area contributed by atoms with Gasteiger partial charge in [0.1, 0.15) is 0 Å². The molecule has 2 aliphatic rings.